The molecule has 0 rings (SSSR count). The Labute approximate surface area is 98.9 Å². The molecule has 1 radical (unpaired) electrons. The molecule has 0 N–H and O–H groups in total. The molecule has 0 aromatic carbocycles. The fourth-order valence-corrected chi connectivity index (χ4v) is 0. The van der Waals surface area contributed by atoms with Crippen molar-refractivity contribution >= 4 is 67.7 Å². The molecule has 0 aliphatic heterocycles. The van der Waals surface area contributed by atoms with Crippen LogP contribution in [-0.2, 0) is 33.6 Å². The van der Waals surface area contributed by atoms with Gasteiger partial charge in [0.1, 0.15) is 0 Å². The standard InChI is InChI=1S/Ba.Li.Mn.Ni.3H. The van der Waals surface area contributed by atoms with Gasteiger partial charge in [0.25, 0.3) is 0 Å². The maximum Gasteiger partial charge on any atom is 0 e. The number of hydrogen-bond donors (Lipinski definition) is 0. The van der Waals surface area contributed by atoms with Crippen molar-refractivity contribution in [1.82, 2.24) is 0 Å². The Morgan fingerprint density at radius 3 is 1.00 bits per heavy atom. The average molecular weight is 261 g/mol. The summed E-state index contributed by atoms with van der Waals surface area (Å²) in [5.74, 6) is 0. The molecule has 0 bridgehead atoms. The van der Waals surface area contributed by atoms with Crippen molar-refractivity contribution in [3.63, 3.8) is 0 Å². The molecule has 0 aromatic rings. The van der Waals surface area contributed by atoms with E-state index < -0.39 is 0 Å². The van der Waals surface area contributed by atoms with Crippen molar-refractivity contribution in [2.75, 3.05) is 0 Å². The van der Waals surface area contributed by atoms with Crippen molar-refractivity contribution in [1.29, 1.82) is 0 Å². The first-order valence-corrected chi connectivity index (χ1v) is 0. The van der Waals surface area contributed by atoms with E-state index in [2.05, 4.69) is 0 Å². The van der Waals surface area contributed by atoms with E-state index in [4.69, 9.17) is 0 Å². The van der Waals surface area contributed by atoms with Gasteiger partial charge in [0.15, 0.2) is 0 Å². The van der Waals surface area contributed by atoms with Crippen LogP contribution < -0.4 is 0 Å². The van der Waals surface area contributed by atoms with Gasteiger partial charge < -0.3 is 0 Å². The second-order valence-corrected chi connectivity index (χ2v) is 0. The summed E-state index contributed by atoms with van der Waals surface area (Å²) in [6, 6.07) is 0. The van der Waals surface area contributed by atoms with E-state index in [1.807, 2.05) is 0 Å². The third-order valence-electron chi connectivity index (χ3n) is 0. The summed E-state index contributed by atoms with van der Waals surface area (Å²) in [5.41, 5.74) is 0. The third kappa shape index (κ3) is 8.95. The Hall–Kier alpha value is 3.18. The van der Waals surface area contributed by atoms with Crippen LogP contribution in [-0.4, -0.2) is 67.7 Å². The monoisotopic (exact) mass is 261 g/mol. The predicted molar refractivity (Wildman–Crippen MR) is 15.7 cm³/mol. The first-order chi connectivity index (χ1) is 0. The molecule has 4 heteroatoms. The maximum absolute atomic E-state index is 0. The zero-order valence-electron chi connectivity index (χ0n) is 0.694. The molecule has 0 atom stereocenters. The summed E-state index contributed by atoms with van der Waals surface area (Å²) in [6.45, 7) is 0. The Kier molecular flexibility index (Phi) is 111. The smallest absolute Gasteiger partial charge is 0 e. The average Bonchev–Trinajstić information content (AvgIpc) is 0. The molecule has 0 aromatic heterocycles. The third-order valence-corrected chi connectivity index (χ3v) is 0. The summed E-state index contributed by atoms with van der Waals surface area (Å²) >= 11 is 0. The van der Waals surface area contributed by atoms with E-state index in [-0.39, 0.29) is 101 Å². The maximum atomic E-state index is 0. The van der Waals surface area contributed by atoms with Gasteiger partial charge in [0, 0.05) is 33.6 Å². The van der Waals surface area contributed by atoms with E-state index in [0.29, 0.717) is 0 Å². The minimum atomic E-state index is 0. The molecule has 0 saturated carbocycles. The van der Waals surface area contributed by atoms with Gasteiger partial charge in [0.2, 0.25) is 0 Å². The van der Waals surface area contributed by atoms with E-state index in [1.54, 1.807) is 0 Å². The molecule has 0 aliphatic carbocycles. The van der Waals surface area contributed by atoms with Crippen LogP contribution in [0.3, 0.4) is 0 Å². The Bertz CT molecular complexity index is 8.00. The van der Waals surface area contributed by atoms with Gasteiger partial charge >= 0.3 is 67.7 Å². The first-order valence-electron chi connectivity index (χ1n) is 0. The molecule has 23 valence electrons. The minimum Gasteiger partial charge on any atom is 0 e. The van der Waals surface area contributed by atoms with Gasteiger partial charge in [-0.15, -0.1) is 0 Å². The van der Waals surface area contributed by atoms with Gasteiger partial charge in [-0.2, -0.15) is 0 Å². The summed E-state index contributed by atoms with van der Waals surface area (Å²) in [4.78, 5) is 0. The summed E-state index contributed by atoms with van der Waals surface area (Å²) in [6.07, 6.45) is 0. The predicted octanol–water partition coefficient (Wildman–Crippen LogP) is -1.57. The molecule has 0 nitrogen and oxygen atoms in total. The molecule has 0 fully saturated rings. The van der Waals surface area contributed by atoms with Crippen LogP contribution >= 0.6 is 0 Å². The molecule has 0 saturated heterocycles. The number of hydrogen-bond acceptors (Lipinski definition) is 0. The van der Waals surface area contributed by atoms with Crippen LogP contribution in [0.1, 0.15) is 0 Å². The molecule has 0 amide bonds. The SMILES string of the molecule is [BaH2].[LiH].[Mn].[Ni]. The van der Waals surface area contributed by atoms with Crippen LogP contribution in [0.25, 0.3) is 0 Å². The van der Waals surface area contributed by atoms with Crippen molar-refractivity contribution < 1.29 is 33.6 Å². The largest absolute Gasteiger partial charge is 0 e. The fraction of sp³-hybridized carbons (Fsp3) is 0. The van der Waals surface area contributed by atoms with Crippen LogP contribution in [0.15, 0.2) is 0 Å². The topological polar surface area (TPSA) is 0 Å². The molecule has 0 unspecified atom stereocenters. The van der Waals surface area contributed by atoms with Crippen molar-refractivity contribution in [3.05, 3.63) is 0 Å². The van der Waals surface area contributed by atoms with Gasteiger partial charge in [-0.3, -0.25) is 0 Å². The van der Waals surface area contributed by atoms with E-state index in [1.165, 1.54) is 0 Å². The van der Waals surface area contributed by atoms with Gasteiger partial charge in [-0.05, 0) is 0 Å². The van der Waals surface area contributed by atoms with Gasteiger partial charge in [0.05, 0.1) is 0 Å². The van der Waals surface area contributed by atoms with Gasteiger partial charge in [-0.1, -0.05) is 0 Å². The number of rotatable bonds is 0. The molecule has 0 spiro atoms. The van der Waals surface area contributed by atoms with E-state index >= 15 is 0 Å². The molecule has 4 heavy (non-hydrogen) atoms. The Morgan fingerprint density at radius 1 is 1.00 bits per heavy atom. The molecular weight excluding hydrogens is 258 g/mol. The minimum absolute atomic E-state index is 0. The van der Waals surface area contributed by atoms with E-state index in [0.717, 1.165) is 0 Å². The van der Waals surface area contributed by atoms with Crippen LogP contribution in [0.5, 0.6) is 0 Å². The van der Waals surface area contributed by atoms with Crippen LogP contribution in [0, 0.1) is 0 Å². The van der Waals surface area contributed by atoms with Crippen molar-refractivity contribution in [2.45, 2.75) is 0 Å². The zero-order valence-corrected chi connectivity index (χ0v) is 2.86. The molecule has 0 aliphatic rings. The summed E-state index contributed by atoms with van der Waals surface area (Å²) in [7, 11) is 0. The zero-order chi connectivity index (χ0) is 0. The van der Waals surface area contributed by atoms with E-state index in [9.17, 15) is 0 Å². The normalized spacial score (nSPS) is 0. The summed E-state index contributed by atoms with van der Waals surface area (Å²) in [5, 5.41) is 0. The fourth-order valence-electron chi connectivity index (χ4n) is 0. The van der Waals surface area contributed by atoms with Crippen LogP contribution in [0.2, 0.25) is 0 Å². The second kappa shape index (κ2) is 16.4. The van der Waals surface area contributed by atoms with Crippen LogP contribution in [0.4, 0.5) is 0 Å². The molecular formula is H3BaLiMnNi. The summed E-state index contributed by atoms with van der Waals surface area (Å²) < 4.78 is 0. The second-order valence-electron chi connectivity index (χ2n) is 0. The van der Waals surface area contributed by atoms with Crippen molar-refractivity contribution in [3.8, 4) is 0 Å². The molecule has 0 heterocycles. The van der Waals surface area contributed by atoms with Crippen molar-refractivity contribution in [2.24, 2.45) is 0 Å². The quantitative estimate of drug-likeness (QED) is 0.462. The first kappa shape index (κ1) is 27.1. The Balaban J connectivity index is 0. The van der Waals surface area contributed by atoms with Gasteiger partial charge in [-0.25, -0.2) is 0 Å². The Morgan fingerprint density at radius 2 is 1.00 bits per heavy atom.